The molecule has 0 radical (unpaired) electrons. The van der Waals surface area contributed by atoms with E-state index in [9.17, 15) is 17.6 Å². The van der Waals surface area contributed by atoms with Crippen molar-refractivity contribution in [3.05, 3.63) is 59.9 Å². The highest BCUT2D eigenvalue weighted by atomic mass is 32.2. The average Bonchev–Trinajstić information content (AvgIpc) is 2.55. The van der Waals surface area contributed by atoms with Gasteiger partial charge in [0.1, 0.15) is 11.6 Å². The number of allylic oxidation sites excluding steroid dienone is 1. The average molecular weight is 378 g/mol. The van der Waals surface area contributed by atoms with Crippen LogP contribution in [0, 0.1) is 5.82 Å². The molecule has 0 saturated heterocycles. The monoisotopic (exact) mass is 378 g/mol. The van der Waals surface area contributed by atoms with E-state index < -0.39 is 10.0 Å². The minimum Gasteiger partial charge on any atom is -0.494 e. The molecule has 0 aromatic heterocycles. The van der Waals surface area contributed by atoms with Gasteiger partial charge in [-0.3, -0.25) is 9.52 Å². The summed E-state index contributed by atoms with van der Waals surface area (Å²) in [6.07, 6.45) is 2.42. The zero-order chi connectivity index (χ0) is 19.3. The van der Waals surface area contributed by atoms with Gasteiger partial charge in [0.15, 0.2) is 0 Å². The van der Waals surface area contributed by atoms with E-state index in [-0.39, 0.29) is 23.2 Å². The van der Waals surface area contributed by atoms with E-state index in [4.69, 9.17) is 4.74 Å². The van der Waals surface area contributed by atoms with Crippen LogP contribution in [0.15, 0.2) is 48.5 Å². The van der Waals surface area contributed by atoms with Gasteiger partial charge in [0.25, 0.3) is 0 Å². The lowest BCUT2D eigenvalue weighted by Gasteiger charge is -2.12. The summed E-state index contributed by atoms with van der Waals surface area (Å²) in [4.78, 5) is 12.2. The Morgan fingerprint density at radius 2 is 1.81 bits per heavy atom. The van der Waals surface area contributed by atoms with E-state index in [1.807, 2.05) is 0 Å². The molecule has 26 heavy (non-hydrogen) atoms. The Balaban J connectivity index is 2.15. The number of ether oxygens (including phenoxy) is 1. The van der Waals surface area contributed by atoms with Crippen LogP contribution < -0.4 is 14.8 Å². The molecule has 0 unspecified atom stereocenters. The molecule has 0 bridgehead atoms. The number of amides is 1. The summed E-state index contributed by atoms with van der Waals surface area (Å²) in [5.74, 6) is -0.453. The van der Waals surface area contributed by atoms with Crippen LogP contribution in [0.5, 0.6) is 5.75 Å². The number of rotatable bonds is 6. The summed E-state index contributed by atoms with van der Waals surface area (Å²) in [5.41, 5.74) is 2.11. The number of benzene rings is 2. The topological polar surface area (TPSA) is 84.5 Å². The third-order valence-electron chi connectivity index (χ3n) is 3.41. The van der Waals surface area contributed by atoms with Crippen molar-refractivity contribution in [2.45, 2.75) is 6.92 Å². The second-order valence-electron chi connectivity index (χ2n) is 5.61. The molecule has 2 aromatic rings. The minimum absolute atomic E-state index is 0.269. The molecule has 0 saturated carbocycles. The highest BCUT2D eigenvalue weighted by Gasteiger charge is 2.10. The number of anilines is 2. The largest absolute Gasteiger partial charge is 0.494 e. The molecule has 0 spiro atoms. The highest BCUT2D eigenvalue weighted by Crippen LogP contribution is 2.28. The molecule has 0 aliphatic carbocycles. The minimum atomic E-state index is -3.45. The van der Waals surface area contributed by atoms with Crippen LogP contribution in [-0.2, 0) is 14.8 Å². The molecule has 2 rings (SSSR count). The first-order chi connectivity index (χ1) is 12.2. The molecule has 2 aromatic carbocycles. The first-order valence-electron chi connectivity index (χ1n) is 7.59. The maximum absolute atomic E-state index is 13.0. The van der Waals surface area contributed by atoms with Crippen LogP contribution in [0.1, 0.15) is 12.5 Å². The molecule has 1 amide bonds. The number of hydrogen-bond acceptors (Lipinski definition) is 4. The lowest BCUT2D eigenvalue weighted by Crippen LogP contribution is -2.12. The third-order valence-corrected chi connectivity index (χ3v) is 4.00. The van der Waals surface area contributed by atoms with Crippen molar-refractivity contribution in [1.29, 1.82) is 0 Å². The molecule has 138 valence electrons. The summed E-state index contributed by atoms with van der Waals surface area (Å²) in [6, 6.07) is 10.4. The maximum Gasteiger partial charge on any atom is 0.248 e. The van der Waals surface area contributed by atoms with Crippen molar-refractivity contribution in [2.24, 2.45) is 0 Å². The van der Waals surface area contributed by atoms with Crippen LogP contribution in [0.25, 0.3) is 5.57 Å². The first kappa shape index (κ1) is 19.5. The van der Waals surface area contributed by atoms with Crippen molar-refractivity contribution in [1.82, 2.24) is 0 Å². The summed E-state index contributed by atoms with van der Waals surface area (Å²) < 4.78 is 43.1. The second kappa shape index (κ2) is 8.01. The van der Waals surface area contributed by atoms with Crippen molar-refractivity contribution in [2.75, 3.05) is 23.4 Å². The molecular formula is C18H19FN2O4S. The molecule has 8 heteroatoms. The van der Waals surface area contributed by atoms with Gasteiger partial charge in [-0.1, -0.05) is 12.1 Å². The van der Waals surface area contributed by atoms with E-state index in [1.54, 1.807) is 25.1 Å². The maximum atomic E-state index is 13.0. The number of halogens is 1. The van der Waals surface area contributed by atoms with Crippen LogP contribution in [0.3, 0.4) is 0 Å². The van der Waals surface area contributed by atoms with Gasteiger partial charge in [-0.05, 0) is 42.3 Å². The van der Waals surface area contributed by atoms with Gasteiger partial charge >= 0.3 is 0 Å². The lowest BCUT2D eigenvalue weighted by atomic mass is 10.1. The van der Waals surface area contributed by atoms with Crippen molar-refractivity contribution in [3.63, 3.8) is 0 Å². The second-order valence-corrected chi connectivity index (χ2v) is 7.36. The van der Waals surface area contributed by atoms with Crippen LogP contribution in [-0.4, -0.2) is 27.7 Å². The summed E-state index contributed by atoms with van der Waals surface area (Å²) >= 11 is 0. The normalized spacial score (nSPS) is 11.8. The number of sulfonamides is 1. The highest BCUT2D eigenvalue weighted by molar-refractivity contribution is 7.92. The fourth-order valence-electron chi connectivity index (χ4n) is 2.22. The molecular weight excluding hydrogens is 359 g/mol. The zero-order valence-electron chi connectivity index (χ0n) is 14.5. The van der Waals surface area contributed by atoms with Gasteiger partial charge in [0.05, 0.1) is 19.1 Å². The summed E-state index contributed by atoms with van der Waals surface area (Å²) in [5, 5.41) is 2.67. The summed E-state index contributed by atoms with van der Waals surface area (Å²) in [6.45, 7) is 1.74. The Bertz CT molecular complexity index is 938. The molecule has 2 N–H and O–H groups in total. The lowest BCUT2D eigenvalue weighted by molar-refractivity contribution is -0.111. The standard InChI is InChI=1S/C18H19FN2O4S/c1-12(13-4-6-14(19)7-5-13)10-18(22)20-15-8-9-16(17(11-15)25-2)21-26(3,23)24/h4-11,21H,1-3H3,(H,20,22)/b12-10+. The number of nitrogens with one attached hydrogen (secondary N) is 2. The summed E-state index contributed by atoms with van der Waals surface area (Å²) in [7, 11) is -2.05. The van der Waals surface area contributed by atoms with Gasteiger partial charge in [0, 0.05) is 17.8 Å². The van der Waals surface area contributed by atoms with Crippen molar-refractivity contribution in [3.8, 4) is 5.75 Å². The smallest absolute Gasteiger partial charge is 0.248 e. The number of carbonyl (C=O) groups excluding carboxylic acids is 1. The fraction of sp³-hybridized carbons (Fsp3) is 0.167. The van der Waals surface area contributed by atoms with Gasteiger partial charge in [-0.25, -0.2) is 12.8 Å². The number of methoxy groups -OCH3 is 1. The third kappa shape index (κ3) is 5.59. The van der Waals surface area contributed by atoms with Gasteiger partial charge in [-0.2, -0.15) is 0 Å². The molecule has 0 aliphatic heterocycles. The quantitative estimate of drug-likeness (QED) is 0.756. The van der Waals surface area contributed by atoms with Crippen molar-refractivity contribution < 1.29 is 22.3 Å². The molecule has 6 nitrogen and oxygen atoms in total. The fourth-order valence-corrected chi connectivity index (χ4v) is 2.79. The van der Waals surface area contributed by atoms with Crippen LogP contribution >= 0.6 is 0 Å². The van der Waals surface area contributed by atoms with E-state index in [0.717, 1.165) is 11.8 Å². The van der Waals surface area contributed by atoms with E-state index in [0.29, 0.717) is 11.3 Å². The molecule has 0 atom stereocenters. The molecule has 0 heterocycles. The van der Waals surface area contributed by atoms with Crippen molar-refractivity contribution >= 4 is 32.9 Å². The Hall–Kier alpha value is -2.87. The van der Waals surface area contributed by atoms with Gasteiger partial charge in [-0.15, -0.1) is 0 Å². The van der Waals surface area contributed by atoms with Crippen LogP contribution in [0.4, 0.5) is 15.8 Å². The SMILES string of the molecule is COc1cc(NC(=O)/C=C(\C)c2ccc(F)cc2)ccc1NS(C)(=O)=O. The Morgan fingerprint density at radius 3 is 2.38 bits per heavy atom. The Labute approximate surface area is 151 Å². The van der Waals surface area contributed by atoms with Gasteiger partial charge in [0.2, 0.25) is 15.9 Å². The Kier molecular flexibility index (Phi) is 5.99. The Morgan fingerprint density at radius 1 is 1.15 bits per heavy atom. The van der Waals surface area contributed by atoms with Gasteiger partial charge < -0.3 is 10.1 Å². The predicted octanol–water partition coefficient (Wildman–Crippen LogP) is 3.25. The van der Waals surface area contributed by atoms with E-state index in [1.165, 1.54) is 37.5 Å². The molecule has 0 fully saturated rings. The van der Waals surface area contributed by atoms with E-state index in [2.05, 4.69) is 10.0 Å². The zero-order valence-corrected chi connectivity index (χ0v) is 15.4. The van der Waals surface area contributed by atoms with Crippen LogP contribution in [0.2, 0.25) is 0 Å². The predicted molar refractivity (Wildman–Crippen MR) is 100 cm³/mol. The number of carbonyl (C=O) groups is 1. The first-order valence-corrected chi connectivity index (χ1v) is 9.48. The van der Waals surface area contributed by atoms with E-state index >= 15 is 0 Å². The number of hydrogen-bond donors (Lipinski definition) is 2. The molecule has 0 aliphatic rings.